The second-order valence-corrected chi connectivity index (χ2v) is 3.97. The van der Waals surface area contributed by atoms with Crippen molar-refractivity contribution in [3.05, 3.63) is 26.2 Å². The van der Waals surface area contributed by atoms with Gasteiger partial charge in [-0.25, -0.2) is 0 Å². The first-order chi connectivity index (χ1) is 4.74. The van der Waals surface area contributed by atoms with Crippen molar-refractivity contribution in [3.8, 4) is 0 Å². The molecule has 0 saturated carbocycles. The first-order valence-electron chi connectivity index (χ1n) is 2.87. The molecule has 0 atom stereocenters. The number of rotatable bonds is 1. The van der Waals surface area contributed by atoms with Gasteiger partial charge in [-0.05, 0) is 56.7 Å². The van der Waals surface area contributed by atoms with E-state index >= 15 is 0 Å². The minimum atomic E-state index is 1.11. The van der Waals surface area contributed by atoms with E-state index < -0.39 is 0 Å². The fourth-order valence-electron chi connectivity index (χ4n) is 0.692. The van der Waals surface area contributed by atoms with Gasteiger partial charge in [0.1, 0.15) is 0 Å². The van der Waals surface area contributed by atoms with Crippen LogP contribution in [0.25, 0.3) is 0 Å². The Hall–Kier alpha value is 0.230. The Kier molecular flexibility index (Phi) is 2.97. The van der Waals surface area contributed by atoms with Gasteiger partial charge in [0, 0.05) is 20.8 Å². The molecule has 0 saturated heterocycles. The predicted octanol–water partition coefficient (Wildman–Crippen LogP) is 3.10. The van der Waals surface area contributed by atoms with Crippen LogP contribution in [-0.4, -0.2) is 7.05 Å². The summed E-state index contributed by atoms with van der Waals surface area (Å²) in [4.78, 5) is 0. The van der Waals surface area contributed by atoms with Gasteiger partial charge in [0.2, 0.25) is 0 Å². The van der Waals surface area contributed by atoms with Crippen LogP contribution in [0, 0.1) is 3.57 Å². The van der Waals surface area contributed by atoms with E-state index in [4.69, 9.17) is 0 Å². The van der Waals surface area contributed by atoms with Gasteiger partial charge in [-0.15, -0.1) is 0 Å². The molecular weight excluding hydrogens is 305 g/mol. The monoisotopic (exact) mass is 311 g/mol. The summed E-state index contributed by atoms with van der Waals surface area (Å²) in [5.74, 6) is 0. The minimum absolute atomic E-state index is 1.11. The highest BCUT2D eigenvalue weighted by Crippen LogP contribution is 2.23. The van der Waals surface area contributed by atoms with Crippen LogP contribution in [0.15, 0.2) is 22.7 Å². The van der Waals surface area contributed by atoms with E-state index in [1.165, 1.54) is 3.57 Å². The molecule has 1 N–H and O–H groups in total. The molecule has 0 aliphatic rings. The van der Waals surface area contributed by atoms with E-state index in [0.717, 1.165) is 10.2 Å². The molecule has 0 aliphatic carbocycles. The zero-order valence-corrected chi connectivity index (χ0v) is 9.23. The van der Waals surface area contributed by atoms with E-state index in [1.54, 1.807) is 0 Å². The molecule has 0 spiro atoms. The molecule has 0 heterocycles. The number of anilines is 1. The molecule has 3 heteroatoms. The van der Waals surface area contributed by atoms with Crippen molar-refractivity contribution in [2.45, 2.75) is 0 Å². The van der Waals surface area contributed by atoms with E-state index in [0.29, 0.717) is 0 Å². The summed E-state index contributed by atoms with van der Waals surface area (Å²) < 4.78 is 2.35. The molecule has 0 fully saturated rings. The van der Waals surface area contributed by atoms with Gasteiger partial charge in [-0.1, -0.05) is 0 Å². The molecule has 1 aromatic rings. The maximum Gasteiger partial charge on any atom is 0.0482 e. The zero-order valence-electron chi connectivity index (χ0n) is 5.49. The predicted molar refractivity (Wildman–Crippen MR) is 56.4 cm³/mol. The fraction of sp³-hybridized carbons (Fsp3) is 0.143. The highest BCUT2D eigenvalue weighted by molar-refractivity contribution is 14.1. The first-order valence-corrected chi connectivity index (χ1v) is 4.74. The van der Waals surface area contributed by atoms with E-state index in [2.05, 4.69) is 56.0 Å². The largest absolute Gasteiger partial charge is 0.387 e. The molecule has 0 radical (unpaired) electrons. The van der Waals surface area contributed by atoms with Crippen molar-refractivity contribution in [1.29, 1.82) is 0 Å². The van der Waals surface area contributed by atoms with Crippen LogP contribution in [0.2, 0.25) is 0 Å². The van der Waals surface area contributed by atoms with Crippen LogP contribution >= 0.6 is 38.5 Å². The summed E-state index contributed by atoms with van der Waals surface area (Å²) in [6.07, 6.45) is 0. The topological polar surface area (TPSA) is 12.0 Å². The maximum atomic E-state index is 3.44. The maximum absolute atomic E-state index is 3.44. The quantitative estimate of drug-likeness (QED) is 0.786. The van der Waals surface area contributed by atoms with Crippen molar-refractivity contribution in [1.82, 2.24) is 0 Å². The number of benzene rings is 1. The van der Waals surface area contributed by atoms with Crippen LogP contribution in [0.3, 0.4) is 0 Å². The lowest BCUT2D eigenvalue weighted by molar-refractivity contribution is 1.47. The Balaban J connectivity index is 3.07. The fourth-order valence-corrected chi connectivity index (χ4v) is 2.19. The Morgan fingerprint density at radius 2 is 2.20 bits per heavy atom. The van der Waals surface area contributed by atoms with Crippen LogP contribution in [0.4, 0.5) is 5.69 Å². The Bertz CT molecular complexity index is 237. The molecule has 1 nitrogen and oxygen atoms in total. The number of hydrogen-bond acceptors (Lipinski definition) is 1. The summed E-state index contributed by atoms with van der Waals surface area (Å²) in [7, 11) is 1.91. The molecule has 0 aliphatic heterocycles. The molecule has 0 unspecified atom stereocenters. The standard InChI is InChI=1S/C7H7BrIN/c1-10-7-3-2-5(9)4-6(7)8/h2-4,10H,1H3. The number of hydrogen-bond donors (Lipinski definition) is 1. The summed E-state index contributed by atoms with van der Waals surface area (Å²) in [5, 5.41) is 3.07. The summed E-state index contributed by atoms with van der Waals surface area (Å²) in [6, 6.07) is 6.19. The lowest BCUT2D eigenvalue weighted by Gasteiger charge is -2.01. The van der Waals surface area contributed by atoms with Gasteiger partial charge in [0.15, 0.2) is 0 Å². The summed E-state index contributed by atoms with van der Waals surface area (Å²) in [6.45, 7) is 0. The van der Waals surface area contributed by atoms with Crippen LogP contribution in [0.1, 0.15) is 0 Å². The third kappa shape index (κ3) is 1.85. The highest BCUT2D eigenvalue weighted by atomic mass is 127. The second kappa shape index (κ2) is 3.57. The lowest BCUT2D eigenvalue weighted by atomic mass is 10.3. The highest BCUT2D eigenvalue weighted by Gasteiger charge is 1.95. The molecule has 0 aromatic heterocycles. The second-order valence-electron chi connectivity index (χ2n) is 1.87. The first kappa shape index (κ1) is 8.33. The van der Waals surface area contributed by atoms with Crippen LogP contribution in [0.5, 0.6) is 0 Å². The summed E-state index contributed by atoms with van der Waals surface area (Å²) in [5.41, 5.74) is 1.13. The van der Waals surface area contributed by atoms with Crippen molar-refractivity contribution < 1.29 is 0 Å². The van der Waals surface area contributed by atoms with Gasteiger partial charge < -0.3 is 5.32 Å². The Labute approximate surface area is 82.5 Å². The SMILES string of the molecule is CNc1ccc(I)cc1Br. The van der Waals surface area contributed by atoms with E-state index in [1.807, 2.05) is 13.1 Å². The van der Waals surface area contributed by atoms with Gasteiger partial charge >= 0.3 is 0 Å². The van der Waals surface area contributed by atoms with Gasteiger partial charge in [-0.2, -0.15) is 0 Å². The molecule has 0 amide bonds. The lowest BCUT2D eigenvalue weighted by Crippen LogP contribution is -1.88. The van der Waals surface area contributed by atoms with Gasteiger partial charge in [-0.3, -0.25) is 0 Å². The van der Waals surface area contributed by atoms with E-state index in [-0.39, 0.29) is 0 Å². The molecule has 54 valence electrons. The third-order valence-corrected chi connectivity index (χ3v) is 2.53. The average molecular weight is 312 g/mol. The molecule has 10 heavy (non-hydrogen) atoms. The van der Waals surface area contributed by atoms with Crippen molar-refractivity contribution in [3.63, 3.8) is 0 Å². The molecule has 0 bridgehead atoms. The minimum Gasteiger partial charge on any atom is -0.387 e. The van der Waals surface area contributed by atoms with Crippen LogP contribution in [-0.2, 0) is 0 Å². The van der Waals surface area contributed by atoms with Crippen LogP contribution < -0.4 is 5.32 Å². The third-order valence-electron chi connectivity index (χ3n) is 1.20. The van der Waals surface area contributed by atoms with Crippen molar-refractivity contribution in [2.24, 2.45) is 0 Å². The Morgan fingerprint density at radius 1 is 1.50 bits per heavy atom. The Morgan fingerprint density at radius 3 is 2.70 bits per heavy atom. The molecule has 1 rings (SSSR count). The van der Waals surface area contributed by atoms with Crippen molar-refractivity contribution >= 4 is 44.2 Å². The van der Waals surface area contributed by atoms with Crippen molar-refractivity contribution in [2.75, 3.05) is 12.4 Å². The number of nitrogens with one attached hydrogen (secondary N) is 1. The average Bonchev–Trinajstić information content (AvgIpc) is 1.88. The molecule has 1 aromatic carbocycles. The normalized spacial score (nSPS) is 9.50. The smallest absolute Gasteiger partial charge is 0.0482 e. The van der Waals surface area contributed by atoms with Gasteiger partial charge in [0.25, 0.3) is 0 Å². The number of halogens is 2. The van der Waals surface area contributed by atoms with Gasteiger partial charge in [0.05, 0.1) is 0 Å². The molecular formula is C7H7BrIN. The van der Waals surface area contributed by atoms with E-state index in [9.17, 15) is 0 Å². The summed E-state index contributed by atoms with van der Waals surface area (Å²) >= 11 is 5.72. The zero-order chi connectivity index (χ0) is 7.56.